The van der Waals surface area contributed by atoms with Crippen molar-refractivity contribution in [2.24, 2.45) is 5.92 Å². The standard InChI is InChI=1S/C29H24FN7O/c30-20-6-2-5-17(9-20)26-22-12-25(35-24(22)7-8-32-26)27-23-11-19(14-33-28(23)37-36-27)18-10-21(15-31-13-18)34-29(38)16-3-1-4-16/h2,5-16,29,34-35,38H,1,3-4H2,(H,33,36,37). The number of H-pyrrole nitrogens is 2. The number of fused-ring (bicyclic) bond motifs is 2. The average molecular weight is 506 g/mol. The molecule has 1 aliphatic rings. The fraction of sp³-hybridized carbons (Fsp3) is 0.172. The van der Waals surface area contributed by atoms with E-state index < -0.39 is 6.23 Å². The molecule has 0 bridgehead atoms. The first-order chi connectivity index (χ1) is 18.6. The summed E-state index contributed by atoms with van der Waals surface area (Å²) in [6.07, 6.45) is 9.66. The molecular weight excluding hydrogens is 481 g/mol. The number of aromatic amines is 2. The summed E-state index contributed by atoms with van der Waals surface area (Å²) < 4.78 is 13.9. The van der Waals surface area contributed by atoms with E-state index in [2.05, 4.69) is 35.5 Å². The van der Waals surface area contributed by atoms with Crippen LogP contribution in [0.1, 0.15) is 19.3 Å². The van der Waals surface area contributed by atoms with Crippen molar-refractivity contribution in [1.29, 1.82) is 0 Å². The summed E-state index contributed by atoms with van der Waals surface area (Å²) in [6, 6.07) is 14.3. The Balaban J connectivity index is 1.26. The smallest absolute Gasteiger partial charge is 0.155 e. The molecule has 5 aromatic heterocycles. The van der Waals surface area contributed by atoms with Crippen molar-refractivity contribution in [2.75, 3.05) is 5.32 Å². The van der Waals surface area contributed by atoms with E-state index in [1.165, 1.54) is 18.6 Å². The number of hydrogen-bond acceptors (Lipinski definition) is 6. The van der Waals surface area contributed by atoms with E-state index in [1.807, 2.05) is 30.3 Å². The Hall–Kier alpha value is -4.63. The van der Waals surface area contributed by atoms with Crippen LogP contribution in [0.5, 0.6) is 0 Å². The minimum Gasteiger partial charge on any atom is -0.374 e. The van der Waals surface area contributed by atoms with Gasteiger partial charge in [0.05, 0.1) is 23.3 Å². The number of aromatic nitrogens is 6. The molecule has 1 aromatic carbocycles. The van der Waals surface area contributed by atoms with Gasteiger partial charge in [-0.3, -0.25) is 15.1 Å². The summed E-state index contributed by atoms with van der Waals surface area (Å²) in [5.74, 6) is -0.0154. The van der Waals surface area contributed by atoms with E-state index >= 15 is 0 Å². The second-order valence-corrected chi connectivity index (χ2v) is 9.75. The van der Waals surface area contributed by atoms with Gasteiger partial charge in [0.1, 0.15) is 17.7 Å². The molecule has 1 saturated carbocycles. The Morgan fingerprint density at radius 3 is 2.66 bits per heavy atom. The number of aliphatic hydroxyl groups excluding tert-OH is 1. The van der Waals surface area contributed by atoms with Crippen LogP contribution in [0.3, 0.4) is 0 Å². The molecule has 0 saturated heterocycles. The molecule has 7 rings (SSSR count). The van der Waals surface area contributed by atoms with E-state index in [0.29, 0.717) is 16.9 Å². The highest BCUT2D eigenvalue weighted by Gasteiger charge is 2.25. The molecule has 1 fully saturated rings. The van der Waals surface area contributed by atoms with Gasteiger partial charge in [-0.2, -0.15) is 5.10 Å². The molecule has 1 aliphatic carbocycles. The van der Waals surface area contributed by atoms with Crippen molar-refractivity contribution in [3.8, 4) is 33.8 Å². The third-order valence-electron chi connectivity index (χ3n) is 7.30. The van der Waals surface area contributed by atoms with Gasteiger partial charge in [-0.05, 0) is 49.2 Å². The number of anilines is 1. The van der Waals surface area contributed by atoms with Gasteiger partial charge in [-0.15, -0.1) is 0 Å². The molecule has 0 aliphatic heterocycles. The lowest BCUT2D eigenvalue weighted by atomic mass is 9.84. The maximum absolute atomic E-state index is 13.9. The zero-order valence-electron chi connectivity index (χ0n) is 20.3. The van der Waals surface area contributed by atoms with Gasteiger partial charge in [-0.25, -0.2) is 9.37 Å². The number of halogens is 1. The lowest BCUT2D eigenvalue weighted by Crippen LogP contribution is -2.33. The van der Waals surface area contributed by atoms with Gasteiger partial charge in [0.2, 0.25) is 0 Å². The normalized spacial score (nSPS) is 14.6. The Bertz CT molecular complexity index is 1790. The molecule has 0 radical (unpaired) electrons. The van der Waals surface area contributed by atoms with Crippen molar-refractivity contribution < 1.29 is 9.50 Å². The number of benzene rings is 1. The number of nitrogens with one attached hydrogen (secondary N) is 3. The van der Waals surface area contributed by atoms with E-state index in [-0.39, 0.29) is 11.7 Å². The summed E-state index contributed by atoms with van der Waals surface area (Å²) >= 11 is 0. The maximum atomic E-state index is 13.9. The molecule has 8 nitrogen and oxygen atoms in total. The van der Waals surface area contributed by atoms with Crippen LogP contribution in [0.25, 0.3) is 55.7 Å². The Kier molecular flexibility index (Phi) is 5.36. The molecule has 9 heteroatoms. The Morgan fingerprint density at radius 1 is 0.921 bits per heavy atom. The number of nitrogens with zero attached hydrogens (tertiary/aromatic N) is 4. The highest BCUT2D eigenvalue weighted by Crippen LogP contribution is 2.35. The summed E-state index contributed by atoms with van der Waals surface area (Å²) in [7, 11) is 0. The maximum Gasteiger partial charge on any atom is 0.155 e. The monoisotopic (exact) mass is 505 g/mol. The second-order valence-electron chi connectivity index (χ2n) is 9.75. The number of pyridine rings is 3. The SMILES string of the molecule is OC(Nc1cncc(-c2cnc3[nH]nc(-c4cc5c(-c6cccc(F)c6)nccc5[nH]4)c3c2)c1)C1CCC1. The largest absolute Gasteiger partial charge is 0.374 e. The van der Waals surface area contributed by atoms with Crippen LogP contribution in [-0.4, -0.2) is 41.5 Å². The quantitative estimate of drug-likeness (QED) is 0.210. The zero-order valence-corrected chi connectivity index (χ0v) is 20.3. The van der Waals surface area contributed by atoms with Crippen LogP contribution in [0, 0.1) is 11.7 Å². The van der Waals surface area contributed by atoms with Crippen LogP contribution in [0.2, 0.25) is 0 Å². The third-order valence-corrected chi connectivity index (χ3v) is 7.30. The summed E-state index contributed by atoms with van der Waals surface area (Å²) in [4.78, 5) is 16.9. The predicted octanol–water partition coefficient (Wildman–Crippen LogP) is 5.90. The van der Waals surface area contributed by atoms with Crippen molar-refractivity contribution in [3.05, 3.63) is 79.1 Å². The molecule has 188 valence electrons. The Morgan fingerprint density at radius 2 is 1.82 bits per heavy atom. The van der Waals surface area contributed by atoms with E-state index in [0.717, 1.165) is 57.3 Å². The summed E-state index contributed by atoms with van der Waals surface area (Å²) in [5, 5.41) is 22.9. The van der Waals surface area contributed by atoms with Gasteiger partial charge < -0.3 is 15.4 Å². The van der Waals surface area contributed by atoms with Crippen molar-refractivity contribution >= 4 is 27.6 Å². The van der Waals surface area contributed by atoms with Gasteiger partial charge in [0.15, 0.2) is 5.65 Å². The van der Waals surface area contributed by atoms with Gasteiger partial charge in [0, 0.05) is 57.5 Å². The minimum atomic E-state index is -0.573. The van der Waals surface area contributed by atoms with Crippen molar-refractivity contribution in [3.63, 3.8) is 0 Å². The zero-order chi connectivity index (χ0) is 25.6. The van der Waals surface area contributed by atoms with Crippen LogP contribution in [0.15, 0.2) is 73.3 Å². The fourth-order valence-electron chi connectivity index (χ4n) is 5.03. The third kappa shape index (κ3) is 3.97. The molecular formula is C29H24FN7O. The Labute approximate surface area is 217 Å². The topological polar surface area (TPSA) is 115 Å². The first-order valence-corrected chi connectivity index (χ1v) is 12.6. The summed E-state index contributed by atoms with van der Waals surface area (Å²) in [5.41, 5.74) is 6.99. The number of rotatable bonds is 6. The molecule has 1 unspecified atom stereocenters. The molecule has 0 amide bonds. The van der Waals surface area contributed by atoms with Gasteiger partial charge in [-0.1, -0.05) is 18.6 Å². The van der Waals surface area contributed by atoms with Crippen molar-refractivity contribution in [1.82, 2.24) is 30.1 Å². The molecule has 4 N–H and O–H groups in total. The molecule has 5 heterocycles. The minimum absolute atomic E-state index is 0.290. The summed E-state index contributed by atoms with van der Waals surface area (Å²) in [6.45, 7) is 0. The van der Waals surface area contributed by atoms with E-state index in [1.54, 1.807) is 30.9 Å². The van der Waals surface area contributed by atoms with Crippen LogP contribution in [0.4, 0.5) is 10.1 Å². The predicted molar refractivity (Wildman–Crippen MR) is 145 cm³/mol. The van der Waals surface area contributed by atoms with E-state index in [9.17, 15) is 9.50 Å². The fourth-order valence-corrected chi connectivity index (χ4v) is 5.03. The van der Waals surface area contributed by atoms with E-state index in [4.69, 9.17) is 0 Å². The first kappa shape index (κ1) is 22.6. The molecule has 38 heavy (non-hydrogen) atoms. The lowest BCUT2D eigenvalue weighted by Gasteiger charge is -2.31. The highest BCUT2D eigenvalue weighted by atomic mass is 19.1. The van der Waals surface area contributed by atoms with Crippen LogP contribution < -0.4 is 5.32 Å². The molecule has 0 spiro atoms. The van der Waals surface area contributed by atoms with Gasteiger partial charge >= 0.3 is 0 Å². The highest BCUT2D eigenvalue weighted by molar-refractivity contribution is 6.00. The number of aliphatic hydroxyl groups is 1. The van der Waals surface area contributed by atoms with Crippen LogP contribution in [-0.2, 0) is 0 Å². The van der Waals surface area contributed by atoms with Gasteiger partial charge in [0.25, 0.3) is 0 Å². The number of hydrogen-bond donors (Lipinski definition) is 4. The molecule has 6 aromatic rings. The molecule has 1 atom stereocenters. The average Bonchev–Trinajstić information content (AvgIpc) is 3.51. The van der Waals surface area contributed by atoms with Crippen LogP contribution >= 0.6 is 0 Å². The first-order valence-electron chi connectivity index (χ1n) is 12.6. The van der Waals surface area contributed by atoms with Crippen molar-refractivity contribution in [2.45, 2.75) is 25.5 Å². The lowest BCUT2D eigenvalue weighted by molar-refractivity contribution is 0.0851. The second kappa shape index (κ2) is 9.04.